The molecule has 0 unspecified atom stereocenters. The van der Waals surface area contributed by atoms with Crippen LogP contribution in [0.15, 0.2) is 12.1 Å². The molecule has 2 rings (SSSR count). The minimum Gasteiger partial charge on any atom is -0.507 e. The summed E-state index contributed by atoms with van der Waals surface area (Å²) in [7, 11) is 2.86. The van der Waals surface area contributed by atoms with E-state index in [4.69, 9.17) is 14.2 Å². The van der Waals surface area contributed by atoms with Gasteiger partial charge >= 0.3 is 5.97 Å². The molecule has 0 radical (unpaired) electrons. The van der Waals surface area contributed by atoms with E-state index in [1.54, 1.807) is 19.1 Å². The first-order valence-corrected chi connectivity index (χ1v) is 8.95. The highest BCUT2D eigenvalue weighted by Gasteiger charge is 2.26. The maximum atomic E-state index is 12.7. The number of carbonyl (C=O) groups is 2. The lowest BCUT2D eigenvalue weighted by atomic mass is 10.0. The van der Waals surface area contributed by atoms with Crippen LogP contribution in [0.4, 0.5) is 0 Å². The Morgan fingerprint density at radius 2 is 1.93 bits per heavy atom. The smallest absolute Gasteiger partial charge is 0.342 e. The summed E-state index contributed by atoms with van der Waals surface area (Å²) in [5.41, 5.74) is 0.302. The molecule has 0 spiro atoms. The van der Waals surface area contributed by atoms with E-state index >= 15 is 0 Å². The van der Waals surface area contributed by atoms with E-state index in [-0.39, 0.29) is 35.0 Å². The average molecular weight is 378 g/mol. The van der Waals surface area contributed by atoms with Gasteiger partial charge < -0.3 is 24.4 Å². The van der Waals surface area contributed by atoms with E-state index in [1.165, 1.54) is 20.3 Å². The lowest BCUT2D eigenvalue weighted by Gasteiger charge is -2.19. The van der Waals surface area contributed by atoms with Gasteiger partial charge in [0.15, 0.2) is 17.3 Å². The molecule has 0 aromatic heterocycles. The fraction of sp³-hybridized carbons (Fsp3) is 0.500. The highest BCUT2D eigenvalue weighted by Crippen LogP contribution is 2.40. The SMILES string of the molecule is COc1cc(O)c2c(c1OC)/C=C/CCC(=O)[C@H](O)CCC[C@H](C)OC2=O. The molecule has 0 saturated carbocycles. The maximum absolute atomic E-state index is 12.7. The topological polar surface area (TPSA) is 102 Å². The van der Waals surface area contributed by atoms with Crippen molar-refractivity contribution in [1.29, 1.82) is 0 Å². The highest BCUT2D eigenvalue weighted by atomic mass is 16.5. The third-order valence-corrected chi connectivity index (χ3v) is 4.50. The van der Waals surface area contributed by atoms with Crippen molar-refractivity contribution in [2.75, 3.05) is 14.2 Å². The second-order valence-electron chi connectivity index (χ2n) is 6.49. The van der Waals surface area contributed by atoms with Gasteiger partial charge in [-0.15, -0.1) is 0 Å². The molecule has 7 heteroatoms. The number of fused-ring (bicyclic) bond motifs is 1. The van der Waals surface area contributed by atoms with Gasteiger partial charge in [0.2, 0.25) is 0 Å². The zero-order valence-corrected chi connectivity index (χ0v) is 15.9. The van der Waals surface area contributed by atoms with Crippen LogP contribution in [-0.4, -0.2) is 48.4 Å². The summed E-state index contributed by atoms with van der Waals surface area (Å²) >= 11 is 0. The Bertz CT molecular complexity index is 724. The fourth-order valence-electron chi connectivity index (χ4n) is 3.04. The third-order valence-electron chi connectivity index (χ3n) is 4.50. The number of phenols is 1. The number of aromatic hydroxyl groups is 1. The number of ether oxygens (including phenoxy) is 3. The molecular weight excluding hydrogens is 352 g/mol. The number of hydrogen-bond donors (Lipinski definition) is 2. The first-order chi connectivity index (χ1) is 12.9. The standard InChI is InChI=1S/C20H26O7/c1-12-7-6-10-15(22)14(21)9-5-4-8-13-18(20(24)27-12)16(23)11-17(25-2)19(13)26-3/h4,8,11-12,15,22-23H,5-7,9-10H2,1-3H3/b8-4+/t12-,15+/m0/s1. The third kappa shape index (κ3) is 5.01. The summed E-state index contributed by atoms with van der Waals surface area (Å²) in [6.45, 7) is 1.73. The van der Waals surface area contributed by atoms with Gasteiger partial charge in [-0.1, -0.05) is 12.2 Å². The lowest BCUT2D eigenvalue weighted by Crippen LogP contribution is -2.21. The van der Waals surface area contributed by atoms with Crippen molar-refractivity contribution in [3.8, 4) is 17.2 Å². The predicted octanol–water partition coefficient (Wildman–Crippen LogP) is 2.86. The predicted molar refractivity (Wildman–Crippen MR) is 99.2 cm³/mol. The van der Waals surface area contributed by atoms with Crippen LogP contribution in [0, 0.1) is 0 Å². The second-order valence-corrected chi connectivity index (χ2v) is 6.49. The number of aliphatic hydroxyl groups is 1. The Morgan fingerprint density at radius 1 is 1.19 bits per heavy atom. The first-order valence-electron chi connectivity index (χ1n) is 8.95. The number of aliphatic hydroxyl groups excluding tert-OH is 1. The molecule has 7 nitrogen and oxygen atoms in total. The summed E-state index contributed by atoms with van der Waals surface area (Å²) in [6, 6.07) is 1.31. The second kappa shape index (κ2) is 9.41. The van der Waals surface area contributed by atoms with E-state index in [1.807, 2.05) is 0 Å². The van der Waals surface area contributed by atoms with Crippen LogP contribution in [0.2, 0.25) is 0 Å². The van der Waals surface area contributed by atoms with E-state index in [2.05, 4.69) is 0 Å². The minimum atomic E-state index is -1.00. The summed E-state index contributed by atoms with van der Waals surface area (Å²) < 4.78 is 16.0. The molecule has 0 aliphatic carbocycles. The number of esters is 1. The monoisotopic (exact) mass is 378 g/mol. The van der Waals surface area contributed by atoms with Crippen LogP contribution < -0.4 is 9.47 Å². The molecule has 1 heterocycles. The molecular formula is C20H26O7. The number of carbonyl (C=O) groups excluding carboxylic acids is 2. The number of hydrogen-bond acceptors (Lipinski definition) is 7. The summed E-state index contributed by atoms with van der Waals surface area (Å²) in [5, 5.41) is 20.3. The molecule has 1 aliphatic heterocycles. The Labute approximate surface area is 158 Å². The number of cyclic esters (lactones) is 1. The molecule has 27 heavy (non-hydrogen) atoms. The van der Waals surface area contributed by atoms with Crippen LogP contribution in [0.25, 0.3) is 6.08 Å². The average Bonchev–Trinajstić information content (AvgIpc) is 2.63. The number of benzene rings is 1. The number of Topliss-reactive ketones (excluding diaryl/α,β-unsaturated/α-hetero) is 1. The van der Waals surface area contributed by atoms with Gasteiger partial charge in [-0.3, -0.25) is 4.79 Å². The van der Waals surface area contributed by atoms with Crippen LogP contribution in [0.5, 0.6) is 17.2 Å². The largest absolute Gasteiger partial charge is 0.507 e. The van der Waals surface area contributed by atoms with Crippen molar-refractivity contribution in [2.24, 2.45) is 0 Å². The number of phenolic OH excluding ortho intramolecular Hbond substituents is 1. The van der Waals surface area contributed by atoms with Crippen molar-refractivity contribution in [1.82, 2.24) is 0 Å². The number of methoxy groups -OCH3 is 2. The molecule has 1 aromatic rings. The molecule has 1 aliphatic rings. The molecule has 0 bridgehead atoms. The van der Waals surface area contributed by atoms with Crippen molar-refractivity contribution < 1.29 is 34.0 Å². The highest BCUT2D eigenvalue weighted by molar-refractivity contribution is 5.98. The molecule has 0 fully saturated rings. The van der Waals surface area contributed by atoms with Crippen LogP contribution in [0.3, 0.4) is 0 Å². The van der Waals surface area contributed by atoms with Crippen molar-refractivity contribution in [3.05, 3.63) is 23.3 Å². The number of rotatable bonds is 2. The molecule has 148 valence electrons. The van der Waals surface area contributed by atoms with E-state index in [0.717, 1.165) is 0 Å². The Balaban J connectivity index is 2.50. The van der Waals surface area contributed by atoms with Crippen molar-refractivity contribution >= 4 is 17.8 Å². The van der Waals surface area contributed by atoms with Gasteiger partial charge in [0.05, 0.1) is 20.3 Å². The van der Waals surface area contributed by atoms with Crippen LogP contribution >= 0.6 is 0 Å². The van der Waals surface area contributed by atoms with Crippen molar-refractivity contribution in [2.45, 2.75) is 51.2 Å². The maximum Gasteiger partial charge on any atom is 0.342 e. The molecule has 2 N–H and O–H groups in total. The molecule has 2 atom stereocenters. The minimum absolute atomic E-state index is 0.0147. The zero-order valence-electron chi connectivity index (χ0n) is 15.9. The van der Waals surface area contributed by atoms with Gasteiger partial charge in [-0.05, 0) is 32.6 Å². The van der Waals surface area contributed by atoms with E-state index in [9.17, 15) is 19.8 Å². The molecule has 0 saturated heterocycles. The van der Waals surface area contributed by atoms with Gasteiger partial charge in [0.25, 0.3) is 0 Å². The van der Waals surface area contributed by atoms with Gasteiger partial charge in [0, 0.05) is 18.1 Å². The van der Waals surface area contributed by atoms with Gasteiger partial charge in [0.1, 0.15) is 17.4 Å². The summed E-state index contributed by atoms with van der Waals surface area (Å²) in [6.07, 6.45) is 3.77. The van der Waals surface area contributed by atoms with Gasteiger partial charge in [-0.2, -0.15) is 0 Å². The Hall–Kier alpha value is -2.54. The van der Waals surface area contributed by atoms with Gasteiger partial charge in [-0.25, -0.2) is 4.79 Å². The number of ketones is 1. The molecule has 0 amide bonds. The zero-order chi connectivity index (χ0) is 20.0. The first kappa shape index (κ1) is 20.8. The van der Waals surface area contributed by atoms with Crippen LogP contribution in [0.1, 0.15) is 54.9 Å². The molecule has 1 aromatic carbocycles. The van der Waals surface area contributed by atoms with E-state index in [0.29, 0.717) is 31.2 Å². The van der Waals surface area contributed by atoms with E-state index < -0.39 is 18.2 Å². The normalized spacial score (nSPS) is 23.0. The summed E-state index contributed by atoms with van der Waals surface area (Å²) in [5.74, 6) is -0.615. The number of allylic oxidation sites excluding steroid dienone is 1. The Morgan fingerprint density at radius 3 is 2.59 bits per heavy atom. The summed E-state index contributed by atoms with van der Waals surface area (Å²) in [4.78, 5) is 24.7. The lowest BCUT2D eigenvalue weighted by molar-refractivity contribution is -0.127. The Kier molecular flexibility index (Phi) is 7.24. The van der Waals surface area contributed by atoms with Crippen LogP contribution in [-0.2, 0) is 9.53 Å². The quantitative estimate of drug-likeness (QED) is 0.763. The fourth-order valence-corrected chi connectivity index (χ4v) is 3.04. The van der Waals surface area contributed by atoms with Crippen molar-refractivity contribution in [3.63, 3.8) is 0 Å².